The molecule has 0 saturated heterocycles. The Balaban J connectivity index is 3.02. The van der Waals surface area contributed by atoms with Gasteiger partial charge in [0.15, 0.2) is 0 Å². The molecule has 0 aliphatic carbocycles. The molecule has 0 unspecified atom stereocenters. The van der Waals surface area contributed by atoms with Crippen LogP contribution in [-0.4, -0.2) is 32.2 Å². The first-order chi connectivity index (χ1) is 8.33. The lowest BCUT2D eigenvalue weighted by atomic mass is 9.82. The Morgan fingerprint density at radius 1 is 1.11 bits per heavy atom. The molecule has 0 spiro atoms. The topological polar surface area (TPSA) is 34.1 Å². The SMILES string of the molecule is CS(=O)(=O)CCC(CCl)(CCl)c1ccc(Cl)cc1. The Bertz CT molecular complexity index is 479. The second-order valence-corrected chi connectivity index (χ2v) is 7.67. The Labute approximate surface area is 123 Å². The molecule has 0 aliphatic rings. The molecule has 0 saturated carbocycles. The average Bonchev–Trinajstić information content (AvgIpc) is 2.32. The predicted molar refractivity (Wildman–Crippen MR) is 78.9 cm³/mol. The quantitative estimate of drug-likeness (QED) is 0.749. The van der Waals surface area contributed by atoms with Crippen molar-refractivity contribution in [3.05, 3.63) is 34.9 Å². The van der Waals surface area contributed by atoms with Gasteiger partial charge in [-0.2, -0.15) is 0 Å². The largest absolute Gasteiger partial charge is 0.229 e. The van der Waals surface area contributed by atoms with Gasteiger partial charge in [-0.1, -0.05) is 23.7 Å². The molecule has 1 aromatic carbocycles. The zero-order valence-electron chi connectivity index (χ0n) is 10.00. The first-order valence-corrected chi connectivity index (χ1v) is 8.89. The van der Waals surface area contributed by atoms with E-state index in [-0.39, 0.29) is 17.5 Å². The number of hydrogen-bond acceptors (Lipinski definition) is 2. The van der Waals surface area contributed by atoms with E-state index in [0.717, 1.165) is 5.56 Å². The van der Waals surface area contributed by atoms with Crippen LogP contribution in [0, 0.1) is 0 Å². The van der Waals surface area contributed by atoms with E-state index in [1.807, 2.05) is 12.1 Å². The smallest absolute Gasteiger partial charge is 0.147 e. The highest BCUT2D eigenvalue weighted by molar-refractivity contribution is 7.90. The summed E-state index contributed by atoms with van der Waals surface area (Å²) in [5, 5.41) is 0.625. The number of sulfone groups is 1. The highest BCUT2D eigenvalue weighted by Gasteiger charge is 2.31. The van der Waals surface area contributed by atoms with Crippen molar-refractivity contribution in [2.24, 2.45) is 0 Å². The lowest BCUT2D eigenvalue weighted by Gasteiger charge is -2.30. The van der Waals surface area contributed by atoms with E-state index in [4.69, 9.17) is 34.8 Å². The first kappa shape index (κ1) is 16.1. The molecule has 0 N–H and O–H groups in total. The Kier molecular flexibility index (Phi) is 5.78. The van der Waals surface area contributed by atoms with Gasteiger partial charge in [0, 0.05) is 28.5 Å². The fourth-order valence-electron chi connectivity index (χ4n) is 1.65. The number of hydrogen-bond donors (Lipinski definition) is 0. The first-order valence-electron chi connectivity index (χ1n) is 5.39. The Morgan fingerprint density at radius 3 is 2.00 bits per heavy atom. The van der Waals surface area contributed by atoms with Gasteiger partial charge in [-0.15, -0.1) is 23.2 Å². The molecule has 2 nitrogen and oxygen atoms in total. The van der Waals surface area contributed by atoms with Gasteiger partial charge in [0.05, 0.1) is 5.75 Å². The van der Waals surface area contributed by atoms with Crippen molar-refractivity contribution in [2.75, 3.05) is 23.8 Å². The van der Waals surface area contributed by atoms with E-state index in [1.54, 1.807) is 12.1 Å². The standard InChI is InChI=1S/C12H15Cl3O2S/c1-18(16,17)7-6-12(8-13,9-14)10-2-4-11(15)5-3-10/h2-5H,6-9H2,1H3. The van der Waals surface area contributed by atoms with Crippen molar-refractivity contribution in [3.8, 4) is 0 Å². The third kappa shape index (κ3) is 4.30. The Morgan fingerprint density at radius 2 is 1.61 bits per heavy atom. The lowest BCUT2D eigenvalue weighted by molar-refractivity contribution is 0.513. The fourth-order valence-corrected chi connectivity index (χ4v) is 3.40. The van der Waals surface area contributed by atoms with Crippen molar-refractivity contribution < 1.29 is 8.42 Å². The zero-order valence-corrected chi connectivity index (χ0v) is 13.1. The maximum Gasteiger partial charge on any atom is 0.147 e. The van der Waals surface area contributed by atoms with Gasteiger partial charge in [-0.25, -0.2) is 8.42 Å². The summed E-state index contributed by atoms with van der Waals surface area (Å²) in [6.07, 6.45) is 1.61. The molecule has 6 heteroatoms. The van der Waals surface area contributed by atoms with Crippen LogP contribution in [0.15, 0.2) is 24.3 Å². The van der Waals surface area contributed by atoms with Gasteiger partial charge in [0.25, 0.3) is 0 Å². The average molecular weight is 330 g/mol. The summed E-state index contributed by atoms with van der Waals surface area (Å²) >= 11 is 17.9. The summed E-state index contributed by atoms with van der Waals surface area (Å²) in [5.74, 6) is 0.608. The molecule has 0 aliphatic heterocycles. The molecule has 0 atom stereocenters. The van der Waals surface area contributed by atoms with Crippen LogP contribution in [0.4, 0.5) is 0 Å². The van der Waals surface area contributed by atoms with Crippen molar-refractivity contribution >= 4 is 44.6 Å². The van der Waals surface area contributed by atoms with Gasteiger partial charge in [0.1, 0.15) is 9.84 Å². The van der Waals surface area contributed by atoms with Crippen LogP contribution in [0.3, 0.4) is 0 Å². The molecule has 1 aromatic rings. The summed E-state index contributed by atoms with van der Waals surface area (Å²) in [6, 6.07) is 7.20. The molecule has 0 fully saturated rings. The summed E-state index contributed by atoms with van der Waals surface area (Å²) in [4.78, 5) is 0. The van der Waals surface area contributed by atoms with E-state index < -0.39 is 15.3 Å². The maximum atomic E-state index is 11.3. The number of rotatable bonds is 6. The van der Waals surface area contributed by atoms with Crippen LogP contribution < -0.4 is 0 Å². The van der Waals surface area contributed by atoms with Crippen LogP contribution >= 0.6 is 34.8 Å². The molecular weight excluding hydrogens is 315 g/mol. The summed E-state index contributed by atoms with van der Waals surface area (Å²) in [5.41, 5.74) is 0.386. The van der Waals surface area contributed by atoms with Crippen molar-refractivity contribution in [2.45, 2.75) is 11.8 Å². The molecule has 0 heterocycles. The van der Waals surface area contributed by atoms with E-state index in [2.05, 4.69) is 0 Å². The van der Waals surface area contributed by atoms with Crippen molar-refractivity contribution in [3.63, 3.8) is 0 Å². The van der Waals surface area contributed by atoms with Gasteiger partial charge < -0.3 is 0 Å². The van der Waals surface area contributed by atoms with Gasteiger partial charge >= 0.3 is 0 Å². The van der Waals surface area contributed by atoms with E-state index in [0.29, 0.717) is 11.4 Å². The van der Waals surface area contributed by atoms with Crippen LogP contribution in [0.1, 0.15) is 12.0 Å². The van der Waals surface area contributed by atoms with E-state index in [1.165, 1.54) is 6.26 Å². The Hall–Kier alpha value is 0.0400. The molecular formula is C12H15Cl3O2S. The molecule has 18 heavy (non-hydrogen) atoms. The molecule has 102 valence electrons. The molecule has 1 rings (SSSR count). The summed E-state index contributed by atoms with van der Waals surface area (Å²) < 4.78 is 22.6. The molecule has 0 aromatic heterocycles. The minimum atomic E-state index is -3.04. The second-order valence-electron chi connectivity index (χ2n) is 4.43. The minimum Gasteiger partial charge on any atom is -0.229 e. The highest BCUT2D eigenvalue weighted by Crippen LogP contribution is 2.32. The van der Waals surface area contributed by atoms with Crippen LogP contribution in [0.25, 0.3) is 0 Å². The van der Waals surface area contributed by atoms with Crippen LogP contribution in [0.5, 0.6) is 0 Å². The number of halogens is 3. The maximum absolute atomic E-state index is 11.3. The van der Waals surface area contributed by atoms with E-state index >= 15 is 0 Å². The van der Waals surface area contributed by atoms with Gasteiger partial charge in [-0.3, -0.25) is 0 Å². The second kappa shape index (κ2) is 6.47. The normalized spacial score (nSPS) is 12.7. The predicted octanol–water partition coefficient (Wildman–Crippen LogP) is 3.49. The minimum absolute atomic E-state index is 0.0646. The molecule has 0 amide bonds. The third-order valence-electron chi connectivity index (χ3n) is 2.92. The number of alkyl halides is 2. The van der Waals surface area contributed by atoms with Gasteiger partial charge in [0.2, 0.25) is 0 Å². The number of benzene rings is 1. The van der Waals surface area contributed by atoms with Crippen molar-refractivity contribution in [1.82, 2.24) is 0 Å². The highest BCUT2D eigenvalue weighted by atomic mass is 35.5. The van der Waals surface area contributed by atoms with Gasteiger partial charge in [-0.05, 0) is 24.1 Å². The fraction of sp³-hybridized carbons (Fsp3) is 0.500. The molecule has 0 radical (unpaired) electrons. The van der Waals surface area contributed by atoms with E-state index in [9.17, 15) is 8.42 Å². The zero-order chi connectivity index (χ0) is 13.8. The van der Waals surface area contributed by atoms with Crippen LogP contribution in [0.2, 0.25) is 5.02 Å². The summed E-state index contributed by atoms with van der Waals surface area (Å²) in [6.45, 7) is 0. The van der Waals surface area contributed by atoms with Crippen LogP contribution in [-0.2, 0) is 15.3 Å². The van der Waals surface area contributed by atoms with Crippen molar-refractivity contribution in [1.29, 1.82) is 0 Å². The lowest BCUT2D eigenvalue weighted by Crippen LogP contribution is -2.33. The monoisotopic (exact) mass is 328 g/mol. The third-order valence-corrected chi connectivity index (χ3v) is 5.14. The summed E-state index contributed by atoms with van der Waals surface area (Å²) in [7, 11) is -3.04. The molecule has 0 bridgehead atoms.